The minimum Gasteiger partial charge on any atom is -0.398 e. The summed E-state index contributed by atoms with van der Waals surface area (Å²) in [6, 6.07) is 7.48. The lowest BCUT2D eigenvalue weighted by molar-refractivity contribution is 0.432. The van der Waals surface area contributed by atoms with Gasteiger partial charge >= 0.3 is 0 Å². The second kappa shape index (κ2) is 4.65. The van der Waals surface area contributed by atoms with Crippen molar-refractivity contribution in [3.05, 3.63) is 34.0 Å². The van der Waals surface area contributed by atoms with Gasteiger partial charge in [-0.1, -0.05) is 5.16 Å². The van der Waals surface area contributed by atoms with Crippen LogP contribution in [-0.2, 0) is 7.05 Å². The number of benzene rings is 1. The fraction of sp³-hybridized carbons (Fsp3) is 0.0833. The Hall–Kier alpha value is -1.90. The molecular weight excluding hydrogens is 357 g/mol. The number of hydrogen-bond acceptors (Lipinski definition) is 5. The molecule has 0 atom stereocenters. The van der Waals surface area contributed by atoms with Crippen LogP contribution in [0.15, 0.2) is 35.0 Å². The lowest BCUT2D eigenvalue weighted by atomic mass is 10.2. The van der Waals surface area contributed by atoms with Crippen LogP contribution < -0.4 is 5.73 Å². The van der Waals surface area contributed by atoms with Crippen molar-refractivity contribution in [2.24, 2.45) is 7.05 Å². The Morgan fingerprint density at radius 2 is 2.16 bits per heavy atom. The van der Waals surface area contributed by atoms with Gasteiger partial charge in [0.25, 0.3) is 5.89 Å². The molecular formula is C12H10IN5O. The minimum absolute atomic E-state index is 0.400. The van der Waals surface area contributed by atoms with Gasteiger partial charge in [0.05, 0.1) is 5.56 Å². The highest BCUT2D eigenvalue weighted by molar-refractivity contribution is 14.1. The summed E-state index contributed by atoms with van der Waals surface area (Å²) in [5.74, 6) is 0.852. The van der Waals surface area contributed by atoms with Gasteiger partial charge in [-0.15, -0.1) is 0 Å². The molecule has 0 saturated carbocycles. The fourth-order valence-corrected chi connectivity index (χ4v) is 2.18. The van der Waals surface area contributed by atoms with Crippen molar-refractivity contribution in [1.82, 2.24) is 19.9 Å². The molecule has 7 heteroatoms. The number of nitrogens with zero attached hydrogens (tertiary/aromatic N) is 4. The van der Waals surface area contributed by atoms with Crippen molar-refractivity contribution in [2.75, 3.05) is 5.73 Å². The zero-order chi connectivity index (χ0) is 13.4. The van der Waals surface area contributed by atoms with E-state index in [1.807, 2.05) is 37.5 Å². The highest BCUT2D eigenvalue weighted by Gasteiger charge is 2.14. The number of aromatic nitrogens is 4. The zero-order valence-electron chi connectivity index (χ0n) is 10.0. The highest BCUT2D eigenvalue weighted by atomic mass is 127. The molecule has 0 aliphatic heterocycles. The van der Waals surface area contributed by atoms with Gasteiger partial charge in [-0.25, -0.2) is 0 Å². The van der Waals surface area contributed by atoms with Gasteiger partial charge in [0.15, 0.2) is 0 Å². The van der Waals surface area contributed by atoms with Crippen LogP contribution in [0.2, 0.25) is 0 Å². The van der Waals surface area contributed by atoms with Gasteiger partial charge in [0, 0.05) is 22.5 Å². The molecule has 0 bridgehead atoms. The maximum absolute atomic E-state index is 5.92. The summed E-state index contributed by atoms with van der Waals surface area (Å²) in [5, 5.41) is 8.15. The first-order chi connectivity index (χ1) is 9.13. The normalized spacial score (nSPS) is 10.8. The van der Waals surface area contributed by atoms with Crippen LogP contribution in [0, 0.1) is 3.57 Å². The molecule has 2 heterocycles. The van der Waals surface area contributed by atoms with Gasteiger partial charge in [-0.3, -0.25) is 4.68 Å². The van der Waals surface area contributed by atoms with Crippen LogP contribution in [-0.4, -0.2) is 19.9 Å². The molecule has 0 radical (unpaired) electrons. The first-order valence-corrected chi connectivity index (χ1v) is 6.60. The highest BCUT2D eigenvalue weighted by Crippen LogP contribution is 2.27. The van der Waals surface area contributed by atoms with E-state index in [-0.39, 0.29) is 0 Å². The van der Waals surface area contributed by atoms with Crippen molar-refractivity contribution in [1.29, 1.82) is 0 Å². The number of anilines is 1. The summed E-state index contributed by atoms with van der Waals surface area (Å²) in [7, 11) is 1.84. The van der Waals surface area contributed by atoms with E-state index in [9.17, 15) is 0 Å². The first-order valence-electron chi connectivity index (χ1n) is 5.52. The molecule has 0 amide bonds. The number of hydrogen-bond donors (Lipinski definition) is 1. The fourth-order valence-electron chi connectivity index (χ4n) is 1.68. The molecule has 3 rings (SSSR count). The third-order valence-electron chi connectivity index (χ3n) is 2.61. The molecule has 19 heavy (non-hydrogen) atoms. The topological polar surface area (TPSA) is 82.8 Å². The predicted molar refractivity (Wildman–Crippen MR) is 79.1 cm³/mol. The van der Waals surface area contributed by atoms with Gasteiger partial charge in [0.1, 0.15) is 5.69 Å². The lowest BCUT2D eigenvalue weighted by Crippen LogP contribution is -1.91. The van der Waals surface area contributed by atoms with Gasteiger partial charge in [0.2, 0.25) is 5.82 Å². The Morgan fingerprint density at radius 1 is 1.32 bits per heavy atom. The van der Waals surface area contributed by atoms with Gasteiger partial charge < -0.3 is 10.3 Å². The number of nitrogens with two attached hydrogens (primary N) is 1. The maximum Gasteiger partial charge on any atom is 0.260 e. The molecule has 0 aliphatic carbocycles. The van der Waals surface area contributed by atoms with Crippen LogP contribution in [0.25, 0.3) is 23.0 Å². The van der Waals surface area contributed by atoms with Gasteiger partial charge in [-0.2, -0.15) is 10.1 Å². The summed E-state index contributed by atoms with van der Waals surface area (Å²) in [6.45, 7) is 0. The Morgan fingerprint density at radius 3 is 2.89 bits per heavy atom. The Bertz CT molecular complexity index is 733. The van der Waals surface area contributed by atoms with E-state index in [1.54, 1.807) is 4.68 Å². The van der Waals surface area contributed by atoms with Gasteiger partial charge in [-0.05, 0) is 46.9 Å². The third kappa shape index (κ3) is 2.33. The average molecular weight is 367 g/mol. The summed E-state index contributed by atoms with van der Waals surface area (Å²) < 4.78 is 8.00. The number of nitrogen functional groups attached to an aromatic ring is 1. The van der Waals surface area contributed by atoms with Crippen molar-refractivity contribution in [3.63, 3.8) is 0 Å². The quantitative estimate of drug-likeness (QED) is 0.555. The largest absolute Gasteiger partial charge is 0.398 e. The molecule has 2 N–H and O–H groups in total. The molecule has 3 aromatic rings. The number of aryl methyl sites for hydroxylation is 1. The van der Waals surface area contributed by atoms with Crippen LogP contribution in [0.5, 0.6) is 0 Å². The van der Waals surface area contributed by atoms with E-state index < -0.39 is 0 Å². The lowest BCUT2D eigenvalue weighted by Gasteiger charge is -2.00. The second-order valence-electron chi connectivity index (χ2n) is 4.03. The van der Waals surface area contributed by atoms with Crippen molar-refractivity contribution < 1.29 is 4.52 Å². The van der Waals surface area contributed by atoms with Crippen LogP contribution in [0.1, 0.15) is 0 Å². The molecule has 6 nitrogen and oxygen atoms in total. The Labute approximate surface area is 122 Å². The summed E-state index contributed by atoms with van der Waals surface area (Å²) in [4.78, 5) is 4.33. The SMILES string of the molecule is Cn1ccc(-c2noc(-c3cc(I)ccc3N)n2)n1. The standard InChI is InChI=1S/C12H10IN5O/c1-18-5-4-10(16-18)11-15-12(19-17-11)8-6-7(13)2-3-9(8)14/h2-6H,14H2,1H3. The second-order valence-corrected chi connectivity index (χ2v) is 5.27. The monoisotopic (exact) mass is 367 g/mol. The molecule has 1 aromatic carbocycles. The van der Waals surface area contributed by atoms with Crippen LogP contribution in [0.4, 0.5) is 5.69 Å². The molecule has 0 aliphatic rings. The molecule has 0 unspecified atom stereocenters. The van der Waals surface area contributed by atoms with E-state index in [2.05, 4.69) is 37.8 Å². The van der Waals surface area contributed by atoms with Crippen molar-refractivity contribution in [2.45, 2.75) is 0 Å². The van der Waals surface area contributed by atoms with Crippen LogP contribution in [0.3, 0.4) is 0 Å². The van der Waals surface area contributed by atoms with E-state index in [1.165, 1.54) is 0 Å². The number of rotatable bonds is 2. The third-order valence-corrected chi connectivity index (χ3v) is 3.29. The zero-order valence-corrected chi connectivity index (χ0v) is 12.2. The summed E-state index contributed by atoms with van der Waals surface area (Å²) in [5.41, 5.74) is 7.94. The summed E-state index contributed by atoms with van der Waals surface area (Å²) >= 11 is 2.21. The molecule has 0 saturated heterocycles. The molecule has 0 spiro atoms. The van der Waals surface area contributed by atoms with Crippen LogP contribution >= 0.6 is 22.6 Å². The average Bonchev–Trinajstić information content (AvgIpc) is 3.00. The van der Waals surface area contributed by atoms with Crippen molar-refractivity contribution in [3.8, 4) is 23.0 Å². The van der Waals surface area contributed by atoms with E-state index in [4.69, 9.17) is 10.3 Å². The Kier molecular flexibility index (Phi) is 2.97. The van der Waals surface area contributed by atoms with E-state index in [0.29, 0.717) is 23.1 Å². The van der Waals surface area contributed by atoms with E-state index >= 15 is 0 Å². The summed E-state index contributed by atoms with van der Waals surface area (Å²) in [6.07, 6.45) is 1.82. The predicted octanol–water partition coefficient (Wildman–Crippen LogP) is 2.32. The van der Waals surface area contributed by atoms with E-state index in [0.717, 1.165) is 9.13 Å². The first kappa shape index (κ1) is 12.2. The number of halogens is 1. The molecule has 2 aromatic heterocycles. The smallest absolute Gasteiger partial charge is 0.260 e. The molecule has 96 valence electrons. The van der Waals surface area contributed by atoms with Crippen molar-refractivity contribution >= 4 is 28.3 Å². The molecule has 0 fully saturated rings. The Balaban J connectivity index is 2.03. The minimum atomic E-state index is 0.400. The maximum atomic E-state index is 5.92.